The third kappa shape index (κ3) is 1.41. The Labute approximate surface area is 127 Å². The Bertz CT molecular complexity index is 739. The van der Waals surface area contributed by atoms with E-state index in [1.807, 2.05) is 24.3 Å². The molecule has 0 unspecified atom stereocenters. The van der Waals surface area contributed by atoms with Crippen LogP contribution in [-0.2, 0) is 0 Å². The van der Waals surface area contributed by atoms with Crippen LogP contribution in [0.15, 0.2) is 61.7 Å². The van der Waals surface area contributed by atoms with Crippen molar-refractivity contribution in [3.8, 4) is 0 Å². The van der Waals surface area contributed by atoms with Crippen LogP contribution < -0.4 is 0 Å². The second kappa shape index (κ2) is 4.18. The molecule has 0 saturated heterocycles. The molecule has 2 aliphatic rings. The smallest absolute Gasteiger partial charge is 0.267 e. The van der Waals surface area contributed by atoms with Crippen molar-refractivity contribution in [2.75, 3.05) is 0 Å². The maximum absolute atomic E-state index is 12.7. The molecular formula is C18H12N2O2. The summed E-state index contributed by atoms with van der Waals surface area (Å²) in [4.78, 5) is 25.3. The summed E-state index contributed by atoms with van der Waals surface area (Å²) in [6, 6.07) is 14.4. The summed E-state index contributed by atoms with van der Waals surface area (Å²) in [7, 11) is 0. The summed E-state index contributed by atoms with van der Waals surface area (Å²) in [6.07, 6.45) is 0. The van der Waals surface area contributed by atoms with Crippen LogP contribution in [-0.4, -0.2) is 21.8 Å². The molecule has 0 radical (unpaired) electrons. The second-order valence-electron chi connectivity index (χ2n) is 5.22. The largest absolute Gasteiger partial charge is 0.278 e. The van der Waals surface area contributed by atoms with Crippen molar-refractivity contribution >= 4 is 23.2 Å². The Kier molecular flexibility index (Phi) is 2.39. The Morgan fingerprint density at radius 1 is 0.591 bits per heavy atom. The second-order valence-corrected chi connectivity index (χ2v) is 5.22. The van der Waals surface area contributed by atoms with Crippen LogP contribution >= 0.6 is 0 Å². The van der Waals surface area contributed by atoms with E-state index in [0.717, 1.165) is 11.1 Å². The Hall–Kier alpha value is -3.14. The Morgan fingerprint density at radius 3 is 1.23 bits per heavy atom. The van der Waals surface area contributed by atoms with Gasteiger partial charge in [-0.3, -0.25) is 9.59 Å². The normalized spacial score (nSPS) is 16.4. The van der Waals surface area contributed by atoms with Crippen LogP contribution in [0.25, 0.3) is 11.4 Å². The summed E-state index contributed by atoms with van der Waals surface area (Å²) in [5.74, 6) is -0.522. The number of carbonyl (C=O) groups is 2. The average molecular weight is 288 g/mol. The van der Waals surface area contributed by atoms with Crippen LogP contribution in [0.2, 0.25) is 0 Å². The fourth-order valence-corrected chi connectivity index (χ4v) is 2.97. The van der Waals surface area contributed by atoms with E-state index in [-0.39, 0.29) is 11.8 Å². The molecule has 2 aromatic carbocycles. The highest BCUT2D eigenvalue weighted by Crippen LogP contribution is 2.40. The zero-order chi connectivity index (χ0) is 15.4. The van der Waals surface area contributed by atoms with E-state index in [9.17, 15) is 9.59 Å². The van der Waals surface area contributed by atoms with E-state index in [0.29, 0.717) is 22.5 Å². The van der Waals surface area contributed by atoms with Gasteiger partial charge in [0.25, 0.3) is 11.8 Å². The molecule has 0 N–H and O–H groups in total. The predicted molar refractivity (Wildman–Crippen MR) is 83.3 cm³/mol. The van der Waals surface area contributed by atoms with E-state index in [2.05, 4.69) is 13.2 Å². The molecule has 2 amide bonds. The van der Waals surface area contributed by atoms with Crippen LogP contribution in [0, 0.1) is 0 Å². The lowest BCUT2D eigenvalue weighted by Crippen LogP contribution is -2.41. The van der Waals surface area contributed by atoms with Crippen molar-refractivity contribution in [2.45, 2.75) is 0 Å². The summed E-state index contributed by atoms with van der Waals surface area (Å²) in [5.41, 5.74) is 3.55. The van der Waals surface area contributed by atoms with E-state index >= 15 is 0 Å². The van der Waals surface area contributed by atoms with Crippen LogP contribution in [0.1, 0.15) is 31.8 Å². The maximum Gasteiger partial charge on any atom is 0.278 e. The van der Waals surface area contributed by atoms with Crippen molar-refractivity contribution in [1.29, 1.82) is 0 Å². The van der Waals surface area contributed by atoms with Gasteiger partial charge >= 0.3 is 0 Å². The SMILES string of the molecule is C=C1c2ccccc2C(=O)N1N1C(=C)c2ccccc2C1=O. The average Bonchev–Trinajstić information content (AvgIpc) is 2.94. The molecule has 0 aromatic heterocycles. The Balaban J connectivity index is 1.83. The van der Waals surface area contributed by atoms with E-state index in [1.165, 1.54) is 10.0 Å². The lowest BCUT2D eigenvalue weighted by Gasteiger charge is -2.28. The zero-order valence-corrected chi connectivity index (χ0v) is 11.7. The lowest BCUT2D eigenvalue weighted by atomic mass is 10.1. The van der Waals surface area contributed by atoms with Crippen molar-refractivity contribution in [1.82, 2.24) is 10.0 Å². The molecular weight excluding hydrogens is 276 g/mol. The molecule has 0 spiro atoms. The van der Waals surface area contributed by atoms with Gasteiger partial charge in [-0.2, -0.15) is 0 Å². The molecule has 0 saturated carbocycles. The fourth-order valence-electron chi connectivity index (χ4n) is 2.97. The molecule has 0 atom stereocenters. The third-order valence-electron chi connectivity index (χ3n) is 4.03. The molecule has 2 aromatic rings. The number of carbonyl (C=O) groups excluding carboxylic acids is 2. The summed E-state index contributed by atoms with van der Waals surface area (Å²) in [6.45, 7) is 7.95. The lowest BCUT2D eigenvalue weighted by molar-refractivity contribution is 0.0445. The highest BCUT2D eigenvalue weighted by atomic mass is 16.2. The summed E-state index contributed by atoms with van der Waals surface area (Å²) < 4.78 is 0. The molecule has 2 aliphatic heterocycles. The highest BCUT2D eigenvalue weighted by molar-refractivity contribution is 6.15. The van der Waals surface area contributed by atoms with Crippen LogP contribution in [0.5, 0.6) is 0 Å². The van der Waals surface area contributed by atoms with Gasteiger partial charge in [-0.15, -0.1) is 0 Å². The molecule has 22 heavy (non-hydrogen) atoms. The minimum absolute atomic E-state index is 0.261. The minimum atomic E-state index is -0.261. The fraction of sp³-hybridized carbons (Fsp3) is 0. The van der Waals surface area contributed by atoms with Crippen molar-refractivity contribution in [3.63, 3.8) is 0 Å². The van der Waals surface area contributed by atoms with Crippen molar-refractivity contribution in [2.24, 2.45) is 0 Å². The topological polar surface area (TPSA) is 40.6 Å². The predicted octanol–water partition coefficient (Wildman–Crippen LogP) is 3.15. The van der Waals surface area contributed by atoms with Gasteiger partial charge in [0.2, 0.25) is 0 Å². The molecule has 106 valence electrons. The van der Waals surface area contributed by atoms with Crippen LogP contribution in [0.3, 0.4) is 0 Å². The van der Waals surface area contributed by atoms with E-state index < -0.39 is 0 Å². The van der Waals surface area contributed by atoms with Gasteiger partial charge in [0.15, 0.2) is 0 Å². The van der Waals surface area contributed by atoms with Crippen molar-refractivity contribution < 1.29 is 9.59 Å². The monoisotopic (exact) mass is 288 g/mol. The Morgan fingerprint density at radius 2 is 0.909 bits per heavy atom. The van der Waals surface area contributed by atoms with Crippen molar-refractivity contribution in [3.05, 3.63) is 83.9 Å². The first-order valence-corrected chi connectivity index (χ1v) is 6.86. The van der Waals surface area contributed by atoms with Gasteiger partial charge in [-0.1, -0.05) is 49.6 Å². The molecule has 4 rings (SSSR count). The first-order valence-electron chi connectivity index (χ1n) is 6.86. The number of hydrazine groups is 1. The third-order valence-corrected chi connectivity index (χ3v) is 4.03. The number of hydrogen-bond acceptors (Lipinski definition) is 2. The number of rotatable bonds is 1. The van der Waals surface area contributed by atoms with E-state index in [4.69, 9.17) is 0 Å². The zero-order valence-electron chi connectivity index (χ0n) is 11.7. The quantitative estimate of drug-likeness (QED) is 0.808. The molecule has 0 bridgehead atoms. The number of fused-ring (bicyclic) bond motifs is 2. The molecule has 0 fully saturated rings. The summed E-state index contributed by atoms with van der Waals surface area (Å²) >= 11 is 0. The number of hydrogen-bond donors (Lipinski definition) is 0. The van der Waals surface area contributed by atoms with Gasteiger partial charge in [0.1, 0.15) is 0 Å². The maximum atomic E-state index is 12.7. The highest BCUT2D eigenvalue weighted by Gasteiger charge is 2.42. The van der Waals surface area contributed by atoms with Crippen LogP contribution in [0.4, 0.5) is 0 Å². The molecule has 4 nitrogen and oxygen atoms in total. The molecule has 4 heteroatoms. The summed E-state index contributed by atoms with van der Waals surface area (Å²) in [5, 5.41) is 2.63. The minimum Gasteiger partial charge on any atom is -0.267 e. The number of nitrogens with zero attached hydrogens (tertiary/aromatic N) is 2. The number of benzene rings is 2. The standard InChI is InChI=1S/C18H12N2O2/c1-11-13-7-3-5-9-15(13)17(21)19(11)20-12(2)14-8-4-6-10-16(14)18(20)22/h3-10H,1-2H2. The van der Waals surface area contributed by atoms with Gasteiger partial charge < -0.3 is 0 Å². The molecule has 0 aliphatic carbocycles. The first-order chi connectivity index (χ1) is 10.6. The van der Waals surface area contributed by atoms with Gasteiger partial charge in [0, 0.05) is 11.1 Å². The van der Waals surface area contributed by atoms with Gasteiger partial charge in [-0.05, 0) is 12.1 Å². The van der Waals surface area contributed by atoms with Gasteiger partial charge in [0.05, 0.1) is 22.5 Å². The van der Waals surface area contributed by atoms with E-state index in [1.54, 1.807) is 24.3 Å². The first kappa shape index (κ1) is 12.6. The van der Waals surface area contributed by atoms with Gasteiger partial charge in [-0.25, -0.2) is 10.0 Å². The number of amides is 2. The molecule has 2 heterocycles.